The molecule has 2 fully saturated rings. The van der Waals surface area contributed by atoms with Crippen LogP contribution in [0.1, 0.15) is 37.4 Å². The zero-order valence-corrected chi connectivity index (χ0v) is 15.2. The second-order valence-electron chi connectivity index (χ2n) is 7.88. The molecule has 0 radical (unpaired) electrons. The van der Waals surface area contributed by atoms with Crippen LogP contribution in [0.15, 0.2) is 6.33 Å². The van der Waals surface area contributed by atoms with Crippen molar-refractivity contribution in [1.29, 1.82) is 0 Å². The summed E-state index contributed by atoms with van der Waals surface area (Å²) in [7, 11) is 2.24. The minimum atomic E-state index is 0.719. The standard InChI is InChI=1S/C19H31N5/c1-15(23-12-10-22(2)11-13-23)16-6-8-24(9-7-16)19-17-4-3-5-18(17)20-14-21-19/h14-16H,3-13H2,1-2H3. The summed E-state index contributed by atoms with van der Waals surface area (Å²) in [5.74, 6) is 2.07. The van der Waals surface area contributed by atoms with Crippen molar-refractivity contribution in [2.75, 3.05) is 51.2 Å². The molecule has 3 aliphatic rings. The Bertz CT molecular complexity index is 559. The summed E-state index contributed by atoms with van der Waals surface area (Å²) in [5.41, 5.74) is 2.73. The predicted octanol–water partition coefficient (Wildman–Crippen LogP) is 1.82. The molecule has 2 saturated heterocycles. The van der Waals surface area contributed by atoms with E-state index in [-0.39, 0.29) is 0 Å². The molecule has 0 amide bonds. The fourth-order valence-electron chi connectivity index (χ4n) is 4.74. The van der Waals surface area contributed by atoms with Gasteiger partial charge in [-0.1, -0.05) is 0 Å². The molecule has 1 aliphatic carbocycles. The molecule has 3 heterocycles. The fourth-order valence-corrected chi connectivity index (χ4v) is 4.74. The van der Waals surface area contributed by atoms with E-state index in [9.17, 15) is 0 Å². The van der Waals surface area contributed by atoms with Gasteiger partial charge in [0.05, 0.1) is 0 Å². The highest BCUT2D eigenvalue weighted by molar-refractivity contribution is 5.50. The van der Waals surface area contributed by atoms with Crippen molar-refractivity contribution < 1.29 is 0 Å². The van der Waals surface area contributed by atoms with Gasteiger partial charge in [0, 0.05) is 56.6 Å². The SMILES string of the molecule is CC(C1CCN(c2ncnc3c2CCC3)CC1)N1CCN(C)CC1. The maximum Gasteiger partial charge on any atom is 0.135 e. The summed E-state index contributed by atoms with van der Waals surface area (Å²) in [6.45, 7) is 9.67. The minimum Gasteiger partial charge on any atom is -0.356 e. The Labute approximate surface area is 146 Å². The monoisotopic (exact) mass is 329 g/mol. The van der Waals surface area contributed by atoms with Crippen LogP contribution in [0, 0.1) is 5.92 Å². The van der Waals surface area contributed by atoms with Crippen molar-refractivity contribution in [3.63, 3.8) is 0 Å². The van der Waals surface area contributed by atoms with E-state index in [4.69, 9.17) is 0 Å². The molecule has 1 atom stereocenters. The molecule has 0 saturated carbocycles. The minimum absolute atomic E-state index is 0.719. The number of piperidine rings is 1. The van der Waals surface area contributed by atoms with Gasteiger partial charge in [0.1, 0.15) is 12.1 Å². The Morgan fingerprint density at radius 3 is 2.50 bits per heavy atom. The average molecular weight is 329 g/mol. The van der Waals surface area contributed by atoms with Crippen molar-refractivity contribution in [2.45, 2.75) is 45.1 Å². The molecule has 0 aromatic carbocycles. The molecule has 1 aromatic heterocycles. The van der Waals surface area contributed by atoms with Crippen LogP contribution in [-0.2, 0) is 12.8 Å². The normalized spacial score (nSPS) is 25.0. The van der Waals surface area contributed by atoms with Crippen LogP contribution in [-0.4, -0.2) is 72.1 Å². The second-order valence-corrected chi connectivity index (χ2v) is 7.88. The van der Waals surface area contributed by atoms with E-state index >= 15 is 0 Å². The van der Waals surface area contributed by atoms with Gasteiger partial charge in [0.2, 0.25) is 0 Å². The van der Waals surface area contributed by atoms with Gasteiger partial charge in [-0.05, 0) is 52.0 Å². The predicted molar refractivity (Wildman–Crippen MR) is 97.5 cm³/mol. The van der Waals surface area contributed by atoms with Crippen molar-refractivity contribution in [1.82, 2.24) is 19.8 Å². The number of anilines is 1. The highest BCUT2D eigenvalue weighted by Crippen LogP contribution is 2.32. The molecule has 0 spiro atoms. The summed E-state index contributed by atoms with van der Waals surface area (Å²) < 4.78 is 0. The van der Waals surface area contributed by atoms with Gasteiger partial charge in [-0.3, -0.25) is 4.90 Å². The van der Waals surface area contributed by atoms with Crippen LogP contribution in [0.3, 0.4) is 0 Å². The zero-order valence-electron chi connectivity index (χ0n) is 15.2. The van der Waals surface area contributed by atoms with Crippen LogP contribution in [0.5, 0.6) is 0 Å². The number of likely N-dealkylation sites (N-methyl/N-ethyl adjacent to an activating group) is 1. The lowest BCUT2D eigenvalue weighted by atomic mass is 9.89. The first-order valence-corrected chi connectivity index (χ1v) is 9.72. The maximum absolute atomic E-state index is 4.64. The van der Waals surface area contributed by atoms with Crippen molar-refractivity contribution in [3.05, 3.63) is 17.6 Å². The van der Waals surface area contributed by atoms with Gasteiger partial charge in [0.15, 0.2) is 0 Å². The molecule has 24 heavy (non-hydrogen) atoms. The lowest BCUT2D eigenvalue weighted by Gasteiger charge is -2.43. The first-order chi connectivity index (χ1) is 11.7. The molecule has 1 aromatic rings. The number of fused-ring (bicyclic) bond motifs is 1. The molecule has 0 bridgehead atoms. The third kappa shape index (κ3) is 3.16. The van der Waals surface area contributed by atoms with E-state index in [0.29, 0.717) is 0 Å². The van der Waals surface area contributed by atoms with Gasteiger partial charge < -0.3 is 9.80 Å². The molecular formula is C19H31N5. The van der Waals surface area contributed by atoms with Crippen molar-refractivity contribution >= 4 is 5.82 Å². The fraction of sp³-hybridized carbons (Fsp3) is 0.789. The summed E-state index contributed by atoms with van der Waals surface area (Å²) in [6, 6.07) is 0.719. The van der Waals surface area contributed by atoms with Gasteiger partial charge in [0.25, 0.3) is 0 Å². The van der Waals surface area contributed by atoms with E-state index < -0.39 is 0 Å². The highest BCUT2D eigenvalue weighted by Gasteiger charge is 2.30. The third-order valence-corrected chi connectivity index (χ3v) is 6.49. The molecular weight excluding hydrogens is 298 g/mol. The Kier molecular flexibility index (Phi) is 4.72. The van der Waals surface area contributed by atoms with E-state index in [1.54, 1.807) is 6.33 Å². The highest BCUT2D eigenvalue weighted by atomic mass is 15.3. The van der Waals surface area contributed by atoms with Gasteiger partial charge in [-0.15, -0.1) is 0 Å². The Hall–Kier alpha value is -1.20. The van der Waals surface area contributed by atoms with Gasteiger partial charge in [-0.2, -0.15) is 0 Å². The van der Waals surface area contributed by atoms with E-state index in [1.165, 1.54) is 68.9 Å². The van der Waals surface area contributed by atoms with Crippen molar-refractivity contribution in [3.8, 4) is 0 Å². The summed E-state index contributed by atoms with van der Waals surface area (Å²) in [4.78, 5) is 16.8. The molecule has 4 rings (SSSR count). The van der Waals surface area contributed by atoms with Crippen LogP contribution in [0.2, 0.25) is 0 Å². The molecule has 132 valence electrons. The van der Waals surface area contributed by atoms with Crippen molar-refractivity contribution in [2.24, 2.45) is 5.92 Å². The maximum atomic E-state index is 4.64. The lowest BCUT2D eigenvalue weighted by Crippen LogP contribution is -2.51. The number of nitrogens with zero attached hydrogens (tertiary/aromatic N) is 5. The summed E-state index contributed by atoms with van der Waals surface area (Å²) in [5, 5.41) is 0. The van der Waals surface area contributed by atoms with Gasteiger partial charge >= 0.3 is 0 Å². The topological polar surface area (TPSA) is 35.5 Å². The smallest absolute Gasteiger partial charge is 0.135 e. The van der Waals surface area contributed by atoms with Crippen LogP contribution in [0.25, 0.3) is 0 Å². The average Bonchev–Trinajstić information content (AvgIpc) is 3.11. The number of aryl methyl sites for hydroxylation is 1. The molecule has 5 heteroatoms. The van der Waals surface area contributed by atoms with Crippen LogP contribution < -0.4 is 4.90 Å². The Morgan fingerprint density at radius 2 is 1.75 bits per heavy atom. The van der Waals surface area contributed by atoms with E-state index in [2.05, 4.69) is 38.6 Å². The van der Waals surface area contributed by atoms with Crippen LogP contribution in [0.4, 0.5) is 5.82 Å². The molecule has 1 unspecified atom stereocenters. The Balaban J connectivity index is 1.36. The summed E-state index contributed by atoms with van der Waals surface area (Å²) >= 11 is 0. The van der Waals surface area contributed by atoms with E-state index in [1.807, 2.05) is 0 Å². The molecule has 5 nitrogen and oxygen atoms in total. The lowest BCUT2D eigenvalue weighted by molar-refractivity contribution is 0.0813. The Morgan fingerprint density at radius 1 is 1.00 bits per heavy atom. The number of hydrogen-bond acceptors (Lipinski definition) is 5. The first-order valence-electron chi connectivity index (χ1n) is 9.72. The number of piperazine rings is 1. The van der Waals surface area contributed by atoms with E-state index in [0.717, 1.165) is 31.5 Å². The molecule has 2 aliphatic heterocycles. The van der Waals surface area contributed by atoms with Crippen LogP contribution >= 0.6 is 0 Å². The first kappa shape index (κ1) is 16.3. The second kappa shape index (κ2) is 6.96. The number of aromatic nitrogens is 2. The number of rotatable bonds is 3. The third-order valence-electron chi connectivity index (χ3n) is 6.49. The van der Waals surface area contributed by atoms with Gasteiger partial charge in [-0.25, -0.2) is 9.97 Å². The molecule has 0 N–H and O–H groups in total. The number of hydrogen-bond donors (Lipinski definition) is 0. The zero-order chi connectivity index (χ0) is 16.5. The summed E-state index contributed by atoms with van der Waals surface area (Å²) in [6.07, 6.45) is 7.93. The largest absolute Gasteiger partial charge is 0.356 e. The quantitative estimate of drug-likeness (QED) is 0.845.